The fraction of sp³-hybridized carbons (Fsp3) is 0.600. The molecule has 1 aliphatic heterocycles. The van der Waals surface area contributed by atoms with Crippen molar-refractivity contribution in [2.24, 2.45) is 0 Å². The van der Waals surface area contributed by atoms with Crippen LogP contribution in [0, 0.1) is 11.3 Å². The standard InChI is InChI=1S/C15H21N3O3S/c1-4-20-15(19)13-12(11(5-16)14(17)22-13)8-18-6-9(2)21-10(3)7-18/h9-10H,4,6-8,17H2,1-3H3/p+1/t9-,10+. The molecular weight excluding hydrogens is 302 g/mol. The van der Waals surface area contributed by atoms with Crippen LogP contribution >= 0.6 is 11.3 Å². The number of morpholine rings is 1. The summed E-state index contributed by atoms with van der Waals surface area (Å²) in [5.41, 5.74) is 7.02. The summed E-state index contributed by atoms with van der Waals surface area (Å²) in [6.07, 6.45) is 0.317. The SMILES string of the molecule is CCOC(=O)c1sc(N)c(C#N)c1C[NH+]1C[C@@H](C)O[C@@H](C)C1. The van der Waals surface area contributed by atoms with E-state index in [4.69, 9.17) is 15.2 Å². The molecule has 2 heterocycles. The molecule has 22 heavy (non-hydrogen) atoms. The van der Waals surface area contributed by atoms with E-state index in [9.17, 15) is 10.1 Å². The maximum atomic E-state index is 12.1. The van der Waals surface area contributed by atoms with Crippen molar-refractivity contribution in [1.82, 2.24) is 0 Å². The molecule has 0 aromatic carbocycles. The number of carbonyl (C=O) groups is 1. The summed E-state index contributed by atoms with van der Waals surface area (Å²) in [4.78, 5) is 13.8. The highest BCUT2D eigenvalue weighted by Gasteiger charge is 2.30. The minimum Gasteiger partial charge on any atom is -0.462 e. The monoisotopic (exact) mass is 324 g/mol. The van der Waals surface area contributed by atoms with E-state index < -0.39 is 5.97 Å². The lowest BCUT2D eigenvalue weighted by molar-refractivity contribution is -0.928. The van der Waals surface area contributed by atoms with Crippen LogP contribution in [0.2, 0.25) is 0 Å². The highest BCUT2D eigenvalue weighted by Crippen LogP contribution is 2.30. The number of hydrogen-bond donors (Lipinski definition) is 2. The number of esters is 1. The van der Waals surface area contributed by atoms with E-state index in [0.717, 1.165) is 24.4 Å². The minimum absolute atomic E-state index is 0.159. The predicted octanol–water partition coefficient (Wildman–Crippen LogP) is 0.571. The molecule has 1 aliphatic rings. The van der Waals surface area contributed by atoms with Crippen LogP contribution in [0.5, 0.6) is 0 Å². The zero-order chi connectivity index (χ0) is 16.3. The average Bonchev–Trinajstić information content (AvgIpc) is 2.74. The van der Waals surface area contributed by atoms with Crippen molar-refractivity contribution in [3.05, 3.63) is 16.0 Å². The normalized spacial score (nSPS) is 24.7. The van der Waals surface area contributed by atoms with Gasteiger partial charge < -0.3 is 20.1 Å². The Labute approximate surface area is 134 Å². The summed E-state index contributed by atoms with van der Waals surface area (Å²) in [5, 5.41) is 9.73. The third-order valence-corrected chi connectivity index (χ3v) is 4.69. The molecule has 1 aromatic heterocycles. The number of hydrogen-bond acceptors (Lipinski definition) is 6. The van der Waals surface area contributed by atoms with Gasteiger partial charge in [-0.25, -0.2) is 4.79 Å². The third-order valence-electron chi connectivity index (χ3n) is 3.65. The first-order chi connectivity index (χ1) is 10.5. The van der Waals surface area contributed by atoms with Gasteiger partial charge in [0, 0.05) is 0 Å². The van der Waals surface area contributed by atoms with E-state index in [1.165, 1.54) is 4.90 Å². The number of ether oxygens (including phenoxy) is 2. The van der Waals surface area contributed by atoms with Gasteiger partial charge in [-0.2, -0.15) is 5.26 Å². The molecule has 120 valence electrons. The molecule has 7 heteroatoms. The summed E-state index contributed by atoms with van der Waals surface area (Å²) in [7, 11) is 0. The quantitative estimate of drug-likeness (QED) is 0.790. The van der Waals surface area contributed by atoms with Crippen LogP contribution in [0.15, 0.2) is 0 Å². The molecule has 0 bridgehead atoms. The van der Waals surface area contributed by atoms with Crippen molar-refractivity contribution >= 4 is 22.3 Å². The van der Waals surface area contributed by atoms with Gasteiger partial charge in [-0.05, 0) is 20.8 Å². The van der Waals surface area contributed by atoms with Crippen molar-refractivity contribution in [3.8, 4) is 6.07 Å². The molecule has 0 radical (unpaired) electrons. The molecule has 1 saturated heterocycles. The number of nitrogens with two attached hydrogens (primary N) is 1. The minimum atomic E-state index is -0.399. The molecule has 3 N–H and O–H groups in total. The predicted molar refractivity (Wildman–Crippen MR) is 83.8 cm³/mol. The smallest absolute Gasteiger partial charge is 0.348 e. The van der Waals surface area contributed by atoms with E-state index in [0.29, 0.717) is 34.2 Å². The molecule has 3 atom stereocenters. The van der Waals surface area contributed by atoms with Gasteiger partial charge in [-0.3, -0.25) is 0 Å². The van der Waals surface area contributed by atoms with Gasteiger partial charge in [-0.1, -0.05) is 0 Å². The van der Waals surface area contributed by atoms with E-state index in [1.54, 1.807) is 6.92 Å². The van der Waals surface area contributed by atoms with Gasteiger partial charge in [0.1, 0.15) is 47.8 Å². The van der Waals surface area contributed by atoms with Crippen LogP contribution in [-0.4, -0.2) is 37.9 Å². The average molecular weight is 324 g/mol. The Morgan fingerprint density at radius 2 is 2.14 bits per heavy atom. The van der Waals surface area contributed by atoms with Gasteiger partial charge in [0.05, 0.1) is 17.7 Å². The van der Waals surface area contributed by atoms with Gasteiger partial charge in [0.25, 0.3) is 0 Å². The highest BCUT2D eigenvalue weighted by molar-refractivity contribution is 7.18. The number of nitriles is 1. The summed E-state index contributed by atoms with van der Waals surface area (Å²) in [6, 6.07) is 2.13. The second-order valence-electron chi connectivity index (χ2n) is 5.57. The zero-order valence-corrected chi connectivity index (χ0v) is 14.0. The highest BCUT2D eigenvalue weighted by atomic mass is 32.1. The number of carbonyl (C=O) groups excluding carboxylic acids is 1. The Hall–Kier alpha value is -1.62. The van der Waals surface area contributed by atoms with E-state index in [-0.39, 0.29) is 12.2 Å². The number of quaternary nitrogens is 1. The number of nitrogens with zero attached hydrogens (tertiary/aromatic N) is 1. The Balaban J connectivity index is 2.28. The molecule has 1 aromatic rings. The number of anilines is 1. The van der Waals surface area contributed by atoms with Crippen LogP contribution in [0.1, 0.15) is 41.6 Å². The first-order valence-corrected chi connectivity index (χ1v) is 8.25. The fourth-order valence-corrected chi connectivity index (χ4v) is 3.85. The van der Waals surface area contributed by atoms with Gasteiger partial charge in [0.15, 0.2) is 0 Å². The summed E-state index contributed by atoms with van der Waals surface area (Å²) < 4.78 is 10.8. The largest absolute Gasteiger partial charge is 0.462 e. The number of nitrogens with one attached hydrogen (secondary N) is 1. The summed E-state index contributed by atoms with van der Waals surface area (Å²) >= 11 is 1.14. The molecule has 0 aliphatic carbocycles. The first kappa shape index (κ1) is 16.7. The van der Waals surface area contributed by atoms with Gasteiger partial charge >= 0.3 is 5.97 Å². The number of nitrogen functional groups attached to an aromatic ring is 1. The van der Waals surface area contributed by atoms with Crippen molar-refractivity contribution in [3.63, 3.8) is 0 Å². The topological polar surface area (TPSA) is 89.8 Å². The molecule has 6 nitrogen and oxygen atoms in total. The van der Waals surface area contributed by atoms with Gasteiger partial charge in [0.2, 0.25) is 0 Å². The molecule has 1 unspecified atom stereocenters. The van der Waals surface area contributed by atoms with E-state index in [1.807, 2.05) is 13.8 Å². The summed E-state index contributed by atoms with van der Waals surface area (Å²) in [6.45, 7) is 8.40. The molecule has 0 amide bonds. The van der Waals surface area contributed by atoms with Crippen LogP contribution < -0.4 is 10.6 Å². The van der Waals surface area contributed by atoms with Crippen LogP contribution in [0.4, 0.5) is 5.00 Å². The maximum Gasteiger partial charge on any atom is 0.348 e. The second kappa shape index (κ2) is 7.09. The Morgan fingerprint density at radius 3 is 2.68 bits per heavy atom. The van der Waals surface area contributed by atoms with Crippen LogP contribution in [0.25, 0.3) is 0 Å². The fourth-order valence-electron chi connectivity index (χ4n) is 2.92. The lowest BCUT2D eigenvalue weighted by Gasteiger charge is -2.32. The van der Waals surface area contributed by atoms with Gasteiger partial charge in [-0.15, -0.1) is 11.3 Å². The number of thiophene rings is 1. The number of rotatable bonds is 4. The zero-order valence-electron chi connectivity index (χ0n) is 13.1. The molecular formula is C15H22N3O3S+. The van der Waals surface area contributed by atoms with E-state index >= 15 is 0 Å². The Kier molecular flexibility index (Phi) is 5.40. The molecule has 0 spiro atoms. The van der Waals surface area contributed by atoms with Crippen LogP contribution in [-0.2, 0) is 16.0 Å². The third kappa shape index (κ3) is 3.58. The lowest BCUT2D eigenvalue weighted by Crippen LogP contribution is -3.14. The Morgan fingerprint density at radius 1 is 1.50 bits per heavy atom. The molecule has 1 fully saturated rings. The first-order valence-electron chi connectivity index (χ1n) is 7.43. The van der Waals surface area contributed by atoms with Crippen molar-refractivity contribution in [1.29, 1.82) is 5.26 Å². The maximum absolute atomic E-state index is 12.1. The van der Waals surface area contributed by atoms with E-state index in [2.05, 4.69) is 6.07 Å². The van der Waals surface area contributed by atoms with Crippen molar-refractivity contribution in [2.75, 3.05) is 25.4 Å². The molecule has 0 saturated carbocycles. The van der Waals surface area contributed by atoms with Crippen molar-refractivity contribution < 1.29 is 19.2 Å². The lowest BCUT2D eigenvalue weighted by atomic mass is 10.1. The molecule has 2 rings (SSSR count). The van der Waals surface area contributed by atoms with Crippen LogP contribution in [0.3, 0.4) is 0 Å². The second-order valence-corrected chi connectivity index (χ2v) is 6.63. The Bertz CT molecular complexity index is 584. The summed E-state index contributed by atoms with van der Waals surface area (Å²) in [5.74, 6) is -0.399. The van der Waals surface area contributed by atoms with Crippen molar-refractivity contribution in [2.45, 2.75) is 39.5 Å².